The fourth-order valence-electron chi connectivity index (χ4n) is 1.56. The van der Waals surface area contributed by atoms with Crippen molar-refractivity contribution >= 4 is 21.4 Å². The largest absolute Gasteiger partial charge is 0.383 e. The molecule has 0 fully saturated rings. The van der Waals surface area contributed by atoms with Crippen LogP contribution >= 0.6 is 0 Å². The number of nitrogens with zero attached hydrogens (tertiary/aromatic N) is 1. The predicted octanol–water partition coefficient (Wildman–Crippen LogP) is 1.12. The normalized spacial score (nSPS) is 11.2. The maximum absolute atomic E-state index is 13.5. The number of anilines is 1. The van der Waals surface area contributed by atoms with Crippen molar-refractivity contribution < 1.29 is 22.0 Å². The predicted molar refractivity (Wildman–Crippen MR) is 72.6 cm³/mol. The van der Waals surface area contributed by atoms with Gasteiger partial charge in [-0.05, 0) is 12.1 Å². The van der Waals surface area contributed by atoms with Crippen LogP contribution in [0.4, 0.5) is 14.5 Å². The van der Waals surface area contributed by atoms with Crippen molar-refractivity contribution in [3.63, 3.8) is 0 Å². The summed E-state index contributed by atoms with van der Waals surface area (Å²) in [5.41, 5.74) is -0.490. The maximum atomic E-state index is 13.5. The van der Waals surface area contributed by atoms with Crippen molar-refractivity contribution in [1.29, 1.82) is 0 Å². The van der Waals surface area contributed by atoms with E-state index in [0.29, 0.717) is 0 Å². The summed E-state index contributed by atoms with van der Waals surface area (Å²) >= 11 is 0. The molecule has 1 rings (SSSR count). The van der Waals surface area contributed by atoms with Gasteiger partial charge in [-0.2, -0.15) is 0 Å². The average molecular weight is 306 g/mol. The number of amides is 1. The molecule has 1 aromatic rings. The van der Waals surface area contributed by atoms with Crippen molar-refractivity contribution in [1.82, 2.24) is 4.90 Å². The van der Waals surface area contributed by atoms with Crippen LogP contribution in [-0.4, -0.2) is 51.9 Å². The van der Waals surface area contributed by atoms with Gasteiger partial charge < -0.3 is 10.2 Å². The molecule has 1 amide bonds. The Hall–Kier alpha value is -1.70. The molecule has 0 unspecified atom stereocenters. The molecule has 0 spiro atoms. The zero-order valence-corrected chi connectivity index (χ0v) is 12.2. The fraction of sp³-hybridized carbons (Fsp3) is 0.417. The highest BCUT2D eigenvalue weighted by Crippen LogP contribution is 2.20. The summed E-state index contributed by atoms with van der Waals surface area (Å²) in [6.07, 6.45) is 1.05. The summed E-state index contributed by atoms with van der Waals surface area (Å²) in [4.78, 5) is 13.0. The summed E-state index contributed by atoms with van der Waals surface area (Å²) in [6, 6.07) is 1.82. The van der Waals surface area contributed by atoms with E-state index in [9.17, 15) is 22.0 Å². The molecule has 0 radical (unpaired) electrons. The minimum Gasteiger partial charge on any atom is -0.383 e. The number of sulfone groups is 1. The molecular formula is C12H16F2N2O3S. The van der Waals surface area contributed by atoms with Gasteiger partial charge >= 0.3 is 0 Å². The second-order valence-corrected chi connectivity index (χ2v) is 6.68. The second kappa shape index (κ2) is 6.17. The molecule has 1 N–H and O–H groups in total. The SMILES string of the molecule is CNc1c(F)cc(C(=O)N(C)CCS(C)(=O)=O)cc1F. The summed E-state index contributed by atoms with van der Waals surface area (Å²) in [7, 11) is -0.481. The minimum absolute atomic E-state index is 0.0469. The van der Waals surface area contributed by atoms with Crippen LogP contribution in [0.15, 0.2) is 12.1 Å². The molecule has 1 aromatic carbocycles. The van der Waals surface area contributed by atoms with Crippen molar-refractivity contribution in [3.8, 4) is 0 Å². The Morgan fingerprint density at radius 3 is 2.20 bits per heavy atom. The van der Waals surface area contributed by atoms with E-state index < -0.39 is 27.4 Å². The van der Waals surface area contributed by atoms with Crippen LogP contribution in [0.3, 0.4) is 0 Å². The Morgan fingerprint density at radius 1 is 1.30 bits per heavy atom. The molecule has 0 aliphatic heterocycles. The van der Waals surface area contributed by atoms with Crippen LogP contribution in [0, 0.1) is 11.6 Å². The summed E-state index contributed by atoms with van der Waals surface area (Å²) in [6.45, 7) is -0.0469. The first-order valence-electron chi connectivity index (χ1n) is 5.75. The van der Waals surface area contributed by atoms with E-state index in [0.717, 1.165) is 23.3 Å². The van der Waals surface area contributed by atoms with E-state index in [1.165, 1.54) is 14.1 Å². The fourth-order valence-corrected chi connectivity index (χ4v) is 2.17. The number of benzene rings is 1. The summed E-state index contributed by atoms with van der Waals surface area (Å²) < 4.78 is 49.1. The molecule has 0 aliphatic carbocycles. The Bertz CT molecular complexity index is 594. The number of hydrogen-bond acceptors (Lipinski definition) is 4. The molecule has 0 aromatic heterocycles. The van der Waals surface area contributed by atoms with Gasteiger partial charge in [0, 0.05) is 32.5 Å². The molecule has 8 heteroatoms. The van der Waals surface area contributed by atoms with E-state index in [2.05, 4.69) is 5.32 Å². The first-order chi connectivity index (χ1) is 9.15. The number of carbonyl (C=O) groups excluding carboxylic acids is 1. The third kappa shape index (κ3) is 4.16. The highest BCUT2D eigenvalue weighted by atomic mass is 32.2. The van der Waals surface area contributed by atoms with Crippen molar-refractivity contribution in [2.24, 2.45) is 0 Å². The molecule has 112 valence electrons. The van der Waals surface area contributed by atoms with Gasteiger partial charge in [0.1, 0.15) is 27.2 Å². The zero-order chi connectivity index (χ0) is 15.5. The van der Waals surface area contributed by atoms with Crippen molar-refractivity contribution in [2.45, 2.75) is 0 Å². The number of rotatable bonds is 5. The smallest absolute Gasteiger partial charge is 0.253 e. The lowest BCUT2D eigenvalue weighted by Crippen LogP contribution is -2.31. The van der Waals surface area contributed by atoms with Crippen LogP contribution in [-0.2, 0) is 9.84 Å². The van der Waals surface area contributed by atoms with Crippen molar-refractivity contribution in [3.05, 3.63) is 29.3 Å². The highest BCUT2D eigenvalue weighted by Gasteiger charge is 2.18. The average Bonchev–Trinajstić information content (AvgIpc) is 2.33. The zero-order valence-electron chi connectivity index (χ0n) is 11.4. The minimum atomic E-state index is -3.21. The van der Waals surface area contributed by atoms with Crippen LogP contribution in [0.25, 0.3) is 0 Å². The molecule has 0 aliphatic rings. The monoisotopic (exact) mass is 306 g/mol. The van der Waals surface area contributed by atoms with Crippen LogP contribution in [0.1, 0.15) is 10.4 Å². The van der Waals surface area contributed by atoms with Crippen molar-refractivity contribution in [2.75, 3.05) is 38.0 Å². The number of carbonyl (C=O) groups is 1. The van der Waals surface area contributed by atoms with Gasteiger partial charge in [0.05, 0.1) is 5.75 Å². The molecule has 0 atom stereocenters. The van der Waals surface area contributed by atoms with E-state index in [-0.39, 0.29) is 23.5 Å². The second-order valence-electron chi connectivity index (χ2n) is 4.42. The lowest BCUT2D eigenvalue weighted by Gasteiger charge is -2.17. The van der Waals surface area contributed by atoms with Gasteiger partial charge in [-0.15, -0.1) is 0 Å². The van der Waals surface area contributed by atoms with Gasteiger partial charge in [-0.1, -0.05) is 0 Å². The van der Waals surface area contributed by atoms with Gasteiger partial charge in [-0.3, -0.25) is 4.79 Å². The van der Waals surface area contributed by atoms with Crippen LogP contribution in [0.2, 0.25) is 0 Å². The number of hydrogen-bond donors (Lipinski definition) is 1. The molecule has 0 bridgehead atoms. The number of nitrogens with one attached hydrogen (secondary N) is 1. The Labute approximate surface area is 116 Å². The summed E-state index contributed by atoms with van der Waals surface area (Å²) in [5, 5.41) is 2.35. The first-order valence-corrected chi connectivity index (χ1v) is 7.81. The lowest BCUT2D eigenvalue weighted by atomic mass is 10.1. The van der Waals surface area contributed by atoms with Gasteiger partial charge in [0.2, 0.25) is 0 Å². The quantitative estimate of drug-likeness (QED) is 0.885. The lowest BCUT2D eigenvalue weighted by molar-refractivity contribution is 0.0802. The maximum Gasteiger partial charge on any atom is 0.253 e. The van der Waals surface area contributed by atoms with Gasteiger partial charge in [0.25, 0.3) is 5.91 Å². The van der Waals surface area contributed by atoms with E-state index in [4.69, 9.17) is 0 Å². The summed E-state index contributed by atoms with van der Waals surface area (Å²) in [5.74, 6) is -2.62. The van der Waals surface area contributed by atoms with E-state index in [1.54, 1.807) is 0 Å². The van der Waals surface area contributed by atoms with E-state index in [1.807, 2.05) is 0 Å². The standard InChI is InChI=1S/C12H16F2N2O3S/c1-15-11-9(13)6-8(7-10(11)14)12(17)16(2)4-5-20(3,18)19/h6-7,15H,4-5H2,1-3H3. The molecule has 0 saturated heterocycles. The molecular weight excluding hydrogens is 290 g/mol. The molecule has 20 heavy (non-hydrogen) atoms. The molecule has 0 saturated carbocycles. The third-order valence-corrected chi connectivity index (χ3v) is 3.61. The highest BCUT2D eigenvalue weighted by molar-refractivity contribution is 7.90. The third-order valence-electron chi connectivity index (χ3n) is 2.68. The van der Waals surface area contributed by atoms with Gasteiger partial charge in [0.15, 0.2) is 0 Å². The molecule has 5 nitrogen and oxygen atoms in total. The Balaban J connectivity index is 2.92. The van der Waals surface area contributed by atoms with Gasteiger partial charge in [-0.25, -0.2) is 17.2 Å². The molecule has 0 heterocycles. The van der Waals surface area contributed by atoms with Crippen LogP contribution in [0.5, 0.6) is 0 Å². The Kier molecular flexibility index (Phi) is 5.04. The number of halogens is 2. The first kappa shape index (κ1) is 16.4. The topological polar surface area (TPSA) is 66.5 Å². The Morgan fingerprint density at radius 2 is 1.80 bits per heavy atom. The van der Waals surface area contributed by atoms with Crippen LogP contribution < -0.4 is 5.32 Å². The van der Waals surface area contributed by atoms with E-state index >= 15 is 0 Å².